The van der Waals surface area contributed by atoms with Gasteiger partial charge in [0.2, 0.25) is 10.0 Å². The smallest absolute Gasteiger partial charge is 0.250 e. The molecule has 0 atom stereocenters. The van der Waals surface area contributed by atoms with Crippen molar-refractivity contribution in [2.24, 2.45) is 5.41 Å². The van der Waals surface area contributed by atoms with Gasteiger partial charge < -0.3 is 5.32 Å². The van der Waals surface area contributed by atoms with Gasteiger partial charge in [-0.25, -0.2) is 13.1 Å². The summed E-state index contributed by atoms with van der Waals surface area (Å²) >= 11 is 1.32. The van der Waals surface area contributed by atoms with Crippen molar-refractivity contribution in [2.75, 3.05) is 13.6 Å². The average Bonchev–Trinajstić information content (AvgIpc) is 2.81. The van der Waals surface area contributed by atoms with Crippen LogP contribution in [0.2, 0.25) is 0 Å². The molecule has 6 heteroatoms. The van der Waals surface area contributed by atoms with Gasteiger partial charge in [0, 0.05) is 18.0 Å². The van der Waals surface area contributed by atoms with Crippen LogP contribution in [0.3, 0.4) is 0 Å². The molecule has 96 valence electrons. The molecule has 4 nitrogen and oxygen atoms in total. The molecule has 1 aromatic rings. The zero-order valence-electron chi connectivity index (χ0n) is 10.1. The maximum atomic E-state index is 12.0. The first-order chi connectivity index (χ1) is 7.95. The number of thiophene rings is 1. The van der Waals surface area contributed by atoms with Crippen molar-refractivity contribution >= 4 is 21.4 Å². The molecule has 0 amide bonds. The molecule has 0 unspecified atom stereocenters. The second-order valence-electron chi connectivity index (χ2n) is 4.89. The van der Waals surface area contributed by atoms with Gasteiger partial charge in [-0.1, -0.05) is 6.92 Å². The van der Waals surface area contributed by atoms with Crippen LogP contribution in [0.4, 0.5) is 0 Å². The zero-order chi connectivity index (χ0) is 12.5. The number of sulfonamides is 1. The molecule has 0 radical (unpaired) electrons. The van der Waals surface area contributed by atoms with E-state index in [4.69, 9.17) is 0 Å². The van der Waals surface area contributed by atoms with Crippen LogP contribution >= 0.6 is 11.3 Å². The summed E-state index contributed by atoms with van der Waals surface area (Å²) in [5.41, 5.74) is 0.193. The average molecular weight is 274 g/mol. The second-order valence-corrected chi connectivity index (χ2v) is 8.05. The summed E-state index contributed by atoms with van der Waals surface area (Å²) in [5.74, 6) is 0. The normalized spacial score (nSPS) is 18.2. The quantitative estimate of drug-likeness (QED) is 0.827. The maximum absolute atomic E-state index is 12.0. The van der Waals surface area contributed by atoms with Gasteiger partial charge in [-0.3, -0.25) is 0 Å². The minimum absolute atomic E-state index is 0.193. The summed E-state index contributed by atoms with van der Waals surface area (Å²) in [4.78, 5) is 1.03. The van der Waals surface area contributed by atoms with Crippen LogP contribution in [0.1, 0.15) is 24.6 Å². The van der Waals surface area contributed by atoms with Gasteiger partial charge in [0.15, 0.2) is 0 Å². The van der Waals surface area contributed by atoms with E-state index in [2.05, 4.69) is 17.0 Å². The number of rotatable bonds is 6. The zero-order valence-corrected chi connectivity index (χ0v) is 11.7. The molecular weight excluding hydrogens is 256 g/mol. The third-order valence-corrected chi connectivity index (χ3v) is 6.02. The highest BCUT2D eigenvalue weighted by Gasteiger charge is 2.38. The fourth-order valence-electron chi connectivity index (χ4n) is 1.50. The minimum atomic E-state index is -3.31. The monoisotopic (exact) mass is 274 g/mol. The van der Waals surface area contributed by atoms with Crippen LogP contribution in [-0.4, -0.2) is 22.0 Å². The molecule has 1 saturated carbocycles. The summed E-state index contributed by atoms with van der Waals surface area (Å²) in [7, 11) is -1.46. The molecule has 0 bridgehead atoms. The van der Waals surface area contributed by atoms with Crippen molar-refractivity contribution in [1.82, 2.24) is 10.0 Å². The summed E-state index contributed by atoms with van der Waals surface area (Å²) in [5, 5.41) is 3.01. The molecule has 0 aromatic carbocycles. The molecule has 0 spiro atoms. The van der Waals surface area contributed by atoms with Gasteiger partial charge in [-0.05, 0) is 37.4 Å². The summed E-state index contributed by atoms with van der Waals surface area (Å²) in [6.07, 6.45) is 2.23. The Labute approximate surface area is 106 Å². The van der Waals surface area contributed by atoms with Crippen LogP contribution < -0.4 is 10.0 Å². The Hall–Kier alpha value is -0.430. The fourth-order valence-corrected chi connectivity index (χ4v) is 4.11. The molecule has 1 aliphatic carbocycles. The fraction of sp³-hybridized carbons (Fsp3) is 0.636. The first-order valence-electron chi connectivity index (χ1n) is 5.68. The molecule has 0 saturated heterocycles. The van der Waals surface area contributed by atoms with Crippen molar-refractivity contribution in [3.8, 4) is 0 Å². The minimum Gasteiger partial charge on any atom is -0.315 e. The van der Waals surface area contributed by atoms with Crippen molar-refractivity contribution < 1.29 is 8.42 Å². The van der Waals surface area contributed by atoms with E-state index < -0.39 is 10.0 Å². The maximum Gasteiger partial charge on any atom is 0.250 e. The largest absolute Gasteiger partial charge is 0.315 e. The molecule has 17 heavy (non-hydrogen) atoms. The Morgan fingerprint density at radius 1 is 1.41 bits per heavy atom. The Morgan fingerprint density at radius 3 is 2.71 bits per heavy atom. The lowest BCUT2D eigenvalue weighted by Gasteiger charge is -2.09. The molecule has 2 rings (SSSR count). The highest BCUT2D eigenvalue weighted by Crippen LogP contribution is 2.44. The highest BCUT2D eigenvalue weighted by molar-refractivity contribution is 7.91. The molecule has 1 aliphatic rings. The van der Waals surface area contributed by atoms with Gasteiger partial charge in [0.1, 0.15) is 4.21 Å². The third kappa shape index (κ3) is 3.28. The lowest BCUT2D eigenvalue weighted by molar-refractivity contribution is 0.531. The van der Waals surface area contributed by atoms with E-state index in [1.807, 2.05) is 13.1 Å². The molecule has 2 N–H and O–H groups in total. The van der Waals surface area contributed by atoms with Gasteiger partial charge in [-0.15, -0.1) is 11.3 Å². The molecule has 0 aliphatic heterocycles. The SMILES string of the molecule is CNCc1ccc(S(=O)(=O)NCC2(C)CC2)s1. The second kappa shape index (κ2) is 4.68. The first-order valence-corrected chi connectivity index (χ1v) is 7.98. The Kier molecular flexibility index (Phi) is 3.58. The third-order valence-electron chi connectivity index (χ3n) is 3.05. The lowest BCUT2D eigenvalue weighted by atomic mass is 10.2. The van der Waals surface area contributed by atoms with Crippen LogP contribution in [0.25, 0.3) is 0 Å². The van der Waals surface area contributed by atoms with E-state index >= 15 is 0 Å². The van der Waals surface area contributed by atoms with Crippen LogP contribution in [0.5, 0.6) is 0 Å². The summed E-state index contributed by atoms with van der Waals surface area (Å²) < 4.78 is 27.1. The number of nitrogens with one attached hydrogen (secondary N) is 2. The van der Waals surface area contributed by atoms with E-state index in [1.54, 1.807) is 6.07 Å². The predicted molar refractivity (Wildman–Crippen MR) is 69.6 cm³/mol. The topological polar surface area (TPSA) is 58.2 Å². The van der Waals surface area contributed by atoms with Gasteiger partial charge in [0.25, 0.3) is 0 Å². The van der Waals surface area contributed by atoms with Crippen LogP contribution in [0, 0.1) is 5.41 Å². The predicted octanol–water partition coefficient (Wildman–Crippen LogP) is 1.55. The van der Waals surface area contributed by atoms with Gasteiger partial charge in [-0.2, -0.15) is 0 Å². The van der Waals surface area contributed by atoms with E-state index in [0.717, 1.165) is 17.7 Å². The molecular formula is C11H18N2O2S2. The van der Waals surface area contributed by atoms with Gasteiger partial charge in [0.05, 0.1) is 0 Å². The number of hydrogen-bond acceptors (Lipinski definition) is 4. The molecule has 1 heterocycles. The Morgan fingerprint density at radius 2 is 2.12 bits per heavy atom. The molecule has 1 fully saturated rings. The van der Waals surface area contributed by atoms with E-state index in [9.17, 15) is 8.42 Å². The van der Waals surface area contributed by atoms with Crippen molar-refractivity contribution in [1.29, 1.82) is 0 Å². The van der Waals surface area contributed by atoms with E-state index in [1.165, 1.54) is 11.3 Å². The Balaban J connectivity index is 2.02. The van der Waals surface area contributed by atoms with Crippen molar-refractivity contribution in [2.45, 2.75) is 30.5 Å². The van der Waals surface area contributed by atoms with E-state index in [0.29, 0.717) is 17.3 Å². The summed E-state index contributed by atoms with van der Waals surface area (Å²) in [6.45, 7) is 3.36. The highest BCUT2D eigenvalue weighted by atomic mass is 32.2. The lowest BCUT2D eigenvalue weighted by Crippen LogP contribution is -2.28. The standard InChI is InChI=1S/C11H18N2O2S2/c1-11(5-6-11)8-13-17(14,15)10-4-3-9(16-10)7-12-2/h3-4,12-13H,5-8H2,1-2H3. The van der Waals surface area contributed by atoms with E-state index in [-0.39, 0.29) is 5.41 Å². The van der Waals surface area contributed by atoms with Crippen molar-refractivity contribution in [3.05, 3.63) is 17.0 Å². The first kappa shape index (κ1) is 13.0. The van der Waals surface area contributed by atoms with Crippen LogP contribution in [0.15, 0.2) is 16.3 Å². The summed E-state index contributed by atoms with van der Waals surface area (Å²) in [6, 6.07) is 3.53. The Bertz CT molecular complexity index is 489. The number of hydrogen-bond donors (Lipinski definition) is 2. The van der Waals surface area contributed by atoms with Crippen molar-refractivity contribution in [3.63, 3.8) is 0 Å². The van der Waals surface area contributed by atoms with Crippen LogP contribution in [-0.2, 0) is 16.6 Å². The van der Waals surface area contributed by atoms with Gasteiger partial charge >= 0.3 is 0 Å². The molecule has 1 aromatic heterocycles.